The van der Waals surface area contributed by atoms with E-state index in [2.05, 4.69) is 15.3 Å². The van der Waals surface area contributed by atoms with Crippen LogP contribution in [0.2, 0.25) is 0 Å². The normalized spacial score (nSPS) is 10.5. The molecule has 0 atom stereocenters. The molecule has 2 aromatic heterocycles. The maximum atomic E-state index is 11.7. The third-order valence-corrected chi connectivity index (χ3v) is 3.65. The topological polar surface area (TPSA) is 59.8 Å². The molecule has 0 amide bonds. The highest BCUT2D eigenvalue weighted by Crippen LogP contribution is 2.11. The maximum Gasteiger partial charge on any atom is 0.307 e. The van der Waals surface area contributed by atoms with Crippen molar-refractivity contribution in [3.05, 3.63) is 38.3 Å². The third-order valence-electron chi connectivity index (χ3n) is 2.66. The molecule has 0 fully saturated rings. The summed E-state index contributed by atoms with van der Waals surface area (Å²) < 4.78 is 1.73. The molecule has 0 saturated carbocycles. The van der Waals surface area contributed by atoms with Crippen molar-refractivity contribution >= 4 is 17.2 Å². The zero-order chi connectivity index (χ0) is 12.4. The van der Waals surface area contributed by atoms with Crippen LogP contribution in [0.15, 0.2) is 17.2 Å². The van der Waals surface area contributed by atoms with Gasteiger partial charge in [0.1, 0.15) is 5.82 Å². The Labute approximate surface area is 103 Å². The molecular formula is C11H14N4OS. The molecule has 1 N–H and O–H groups in total. The van der Waals surface area contributed by atoms with Crippen LogP contribution in [0.4, 0.5) is 5.82 Å². The molecule has 0 aliphatic heterocycles. The Morgan fingerprint density at radius 1 is 1.35 bits per heavy atom. The van der Waals surface area contributed by atoms with Crippen LogP contribution in [0.1, 0.15) is 16.3 Å². The number of anilines is 1. The summed E-state index contributed by atoms with van der Waals surface area (Å²) in [5.74, 6) is 0.722. The van der Waals surface area contributed by atoms with Crippen LogP contribution in [0.25, 0.3) is 0 Å². The molecule has 17 heavy (non-hydrogen) atoms. The summed E-state index contributed by atoms with van der Waals surface area (Å²) in [5, 5.41) is 2.90. The van der Waals surface area contributed by atoms with Crippen LogP contribution in [0.3, 0.4) is 0 Å². The second-order valence-corrected chi connectivity index (χ2v) is 4.90. The van der Waals surface area contributed by atoms with Crippen molar-refractivity contribution in [3.8, 4) is 0 Å². The Hall–Kier alpha value is -1.69. The van der Waals surface area contributed by atoms with Gasteiger partial charge in [0.15, 0.2) is 0 Å². The molecule has 2 heterocycles. The first-order chi connectivity index (χ1) is 8.11. The Balaban J connectivity index is 2.28. The minimum absolute atomic E-state index is 0.0551. The Morgan fingerprint density at radius 2 is 2.12 bits per heavy atom. The maximum absolute atomic E-state index is 11.7. The first-order valence-electron chi connectivity index (χ1n) is 5.27. The highest BCUT2D eigenvalue weighted by Gasteiger charge is 2.08. The molecule has 0 aliphatic rings. The lowest BCUT2D eigenvalue weighted by atomic mass is 10.4. The SMILES string of the molecule is CNc1cnc(Cn2c(C)c(C)sc2=O)cn1. The van der Waals surface area contributed by atoms with Crippen LogP contribution in [-0.4, -0.2) is 21.6 Å². The van der Waals surface area contributed by atoms with E-state index in [0.717, 1.165) is 22.1 Å². The molecule has 0 spiro atoms. The predicted molar refractivity (Wildman–Crippen MR) is 68.7 cm³/mol. The first-order valence-corrected chi connectivity index (χ1v) is 6.09. The van der Waals surface area contributed by atoms with E-state index >= 15 is 0 Å². The third kappa shape index (κ3) is 2.36. The number of hydrogen-bond donors (Lipinski definition) is 1. The van der Waals surface area contributed by atoms with Gasteiger partial charge in [0.25, 0.3) is 0 Å². The molecular weight excluding hydrogens is 236 g/mol. The predicted octanol–water partition coefficient (Wildman–Crippen LogP) is 1.41. The summed E-state index contributed by atoms with van der Waals surface area (Å²) >= 11 is 1.27. The quantitative estimate of drug-likeness (QED) is 0.894. The largest absolute Gasteiger partial charge is 0.372 e. The van der Waals surface area contributed by atoms with Crippen LogP contribution in [0, 0.1) is 13.8 Å². The Morgan fingerprint density at radius 3 is 2.59 bits per heavy atom. The number of nitrogens with zero attached hydrogens (tertiary/aromatic N) is 3. The van der Waals surface area contributed by atoms with E-state index in [0.29, 0.717) is 6.54 Å². The molecule has 0 aromatic carbocycles. The van der Waals surface area contributed by atoms with Gasteiger partial charge >= 0.3 is 4.87 Å². The highest BCUT2D eigenvalue weighted by molar-refractivity contribution is 7.09. The van der Waals surface area contributed by atoms with Crippen molar-refractivity contribution in [3.63, 3.8) is 0 Å². The van der Waals surface area contributed by atoms with Crippen molar-refractivity contribution in [2.24, 2.45) is 0 Å². The van der Waals surface area contributed by atoms with Crippen molar-refractivity contribution in [2.45, 2.75) is 20.4 Å². The van der Waals surface area contributed by atoms with Gasteiger partial charge in [-0.15, -0.1) is 0 Å². The zero-order valence-corrected chi connectivity index (χ0v) is 10.8. The Bertz CT molecular complexity index is 570. The lowest BCUT2D eigenvalue weighted by Crippen LogP contribution is -2.16. The average Bonchev–Trinajstić information content (AvgIpc) is 2.57. The highest BCUT2D eigenvalue weighted by atomic mass is 32.1. The van der Waals surface area contributed by atoms with Crippen LogP contribution < -0.4 is 10.2 Å². The van der Waals surface area contributed by atoms with E-state index in [1.807, 2.05) is 13.8 Å². The van der Waals surface area contributed by atoms with Crippen molar-refractivity contribution < 1.29 is 0 Å². The fourth-order valence-corrected chi connectivity index (χ4v) is 2.33. The number of hydrogen-bond acceptors (Lipinski definition) is 5. The van der Waals surface area contributed by atoms with Gasteiger partial charge in [0, 0.05) is 17.6 Å². The van der Waals surface area contributed by atoms with Gasteiger partial charge in [-0.1, -0.05) is 11.3 Å². The molecule has 0 radical (unpaired) electrons. The van der Waals surface area contributed by atoms with Gasteiger partial charge in [-0.05, 0) is 13.8 Å². The van der Waals surface area contributed by atoms with E-state index < -0.39 is 0 Å². The molecule has 0 aliphatic carbocycles. The molecule has 0 saturated heterocycles. The molecule has 90 valence electrons. The summed E-state index contributed by atoms with van der Waals surface area (Å²) in [6.45, 7) is 4.38. The molecule has 2 aromatic rings. The van der Waals surface area contributed by atoms with Gasteiger partial charge in [-0.25, -0.2) is 4.98 Å². The van der Waals surface area contributed by atoms with Gasteiger partial charge < -0.3 is 5.32 Å². The number of aryl methyl sites for hydroxylation is 1. The second-order valence-electron chi connectivity index (χ2n) is 3.74. The smallest absolute Gasteiger partial charge is 0.307 e. The van der Waals surface area contributed by atoms with Gasteiger partial charge in [-0.2, -0.15) is 0 Å². The zero-order valence-electron chi connectivity index (χ0n) is 10.0. The molecule has 2 rings (SSSR count). The van der Waals surface area contributed by atoms with E-state index in [4.69, 9.17) is 0 Å². The van der Waals surface area contributed by atoms with Gasteiger partial charge in [0.2, 0.25) is 0 Å². The molecule has 5 nitrogen and oxygen atoms in total. The average molecular weight is 250 g/mol. The minimum Gasteiger partial charge on any atom is -0.372 e. The molecule has 0 bridgehead atoms. The van der Waals surface area contributed by atoms with Gasteiger partial charge in [0.05, 0.1) is 24.6 Å². The summed E-state index contributed by atoms with van der Waals surface area (Å²) in [5.41, 5.74) is 1.78. The molecule has 0 unspecified atom stereocenters. The van der Waals surface area contributed by atoms with Crippen molar-refractivity contribution in [2.75, 3.05) is 12.4 Å². The standard InChI is InChI=1S/C11H14N4OS/c1-7-8(2)17-11(16)15(7)6-9-4-14-10(12-3)5-13-9/h4-5H,6H2,1-3H3,(H,12,14). The molecule has 6 heteroatoms. The fraction of sp³-hybridized carbons (Fsp3) is 0.364. The van der Waals surface area contributed by atoms with Crippen LogP contribution in [0.5, 0.6) is 0 Å². The monoisotopic (exact) mass is 250 g/mol. The summed E-state index contributed by atoms with van der Waals surface area (Å²) in [6, 6.07) is 0. The van der Waals surface area contributed by atoms with Crippen LogP contribution >= 0.6 is 11.3 Å². The Kier molecular flexibility index (Phi) is 3.23. The second kappa shape index (κ2) is 4.67. The number of rotatable bonds is 3. The number of nitrogens with one attached hydrogen (secondary N) is 1. The summed E-state index contributed by atoms with van der Waals surface area (Å²) in [6.07, 6.45) is 3.35. The number of thiazole rings is 1. The van der Waals surface area contributed by atoms with Crippen LogP contribution in [-0.2, 0) is 6.54 Å². The van der Waals surface area contributed by atoms with Crippen molar-refractivity contribution in [1.82, 2.24) is 14.5 Å². The van der Waals surface area contributed by atoms with E-state index in [1.165, 1.54) is 11.3 Å². The summed E-state index contributed by atoms with van der Waals surface area (Å²) in [4.78, 5) is 21.2. The van der Waals surface area contributed by atoms with Crippen molar-refractivity contribution in [1.29, 1.82) is 0 Å². The summed E-state index contributed by atoms with van der Waals surface area (Å²) in [7, 11) is 1.79. The lowest BCUT2D eigenvalue weighted by molar-refractivity contribution is 0.728. The lowest BCUT2D eigenvalue weighted by Gasteiger charge is -2.05. The van der Waals surface area contributed by atoms with Gasteiger partial charge in [-0.3, -0.25) is 14.3 Å². The fourth-order valence-electron chi connectivity index (χ4n) is 1.50. The van der Waals surface area contributed by atoms with E-state index in [-0.39, 0.29) is 4.87 Å². The van der Waals surface area contributed by atoms with E-state index in [9.17, 15) is 4.79 Å². The number of aromatic nitrogens is 3. The minimum atomic E-state index is 0.0551. The van der Waals surface area contributed by atoms with E-state index in [1.54, 1.807) is 24.0 Å². The first kappa shape index (κ1) is 11.8.